The summed E-state index contributed by atoms with van der Waals surface area (Å²) < 4.78 is 23.1. The molecule has 3 aromatic carbocycles. The van der Waals surface area contributed by atoms with Crippen LogP contribution in [0.1, 0.15) is 23.6 Å². The molecule has 5 nitrogen and oxygen atoms in total. The highest BCUT2D eigenvalue weighted by Crippen LogP contribution is 2.33. The lowest BCUT2D eigenvalue weighted by molar-refractivity contribution is 0.171. The van der Waals surface area contributed by atoms with Crippen LogP contribution in [0.2, 0.25) is 0 Å². The Morgan fingerprint density at radius 3 is 2.53 bits per heavy atom. The number of rotatable bonds is 8. The number of ether oxygens (including phenoxy) is 4. The van der Waals surface area contributed by atoms with E-state index in [-0.39, 0.29) is 0 Å². The normalized spacial score (nSPS) is 12.3. The van der Waals surface area contributed by atoms with Crippen LogP contribution in [-0.4, -0.2) is 19.8 Å². The molecular formula is C25H27NO4. The molecule has 3 aromatic rings. The van der Waals surface area contributed by atoms with E-state index in [2.05, 4.69) is 30.4 Å². The van der Waals surface area contributed by atoms with Gasteiger partial charge in [0.1, 0.15) is 19.8 Å². The van der Waals surface area contributed by atoms with Crippen LogP contribution in [0.3, 0.4) is 0 Å². The van der Waals surface area contributed by atoms with Crippen molar-refractivity contribution in [2.24, 2.45) is 0 Å². The van der Waals surface area contributed by atoms with Crippen molar-refractivity contribution in [1.82, 2.24) is 0 Å². The summed E-state index contributed by atoms with van der Waals surface area (Å²) in [6.07, 6.45) is 0. The van der Waals surface area contributed by atoms with E-state index in [0.29, 0.717) is 33.0 Å². The Morgan fingerprint density at radius 2 is 1.70 bits per heavy atom. The number of hydrogen-bond donors (Lipinski definition) is 1. The maximum Gasteiger partial charge on any atom is 0.163 e. The van der Waals surface area contributed by atoms with Crippen molar-refractivity contribution in [3.05, 3.63) is 77.4 Å². The summed E-state index contributed by atoms with van der Waals surface area (Å²) in [6, 6.07) is 20.2. The van der Waals surface area contributed by atoms with Crippen LogP contribution in [0.25, 0.3) is 0 Å². The van der Waals surface area contributed by atoms with Gasteiger partial charge in [0.15, 0.2) is 23.0 Å². The van der Waals surface area contributed by atoms with E-state index in [1.54, 1.807) is 0 Å². The van der Waals surface area contributed by atoms with Gasteiger partial charge < -0.3 is 24.3 Å². The predicted molar refractivity (Wildman–Crippen MR) is 118 cm³/mol. The van der Waals surface area contributed by atoms with Gasteiger partial charge >= 0.3 is 0 Å². The van der Waals surface area contributed by atoms with Crippen LogP contribution in [0, 0.1) is 6.92 Å². The summed E-state index contributed by atoms with van der Waals surface area (Å²) in [4.78, 5) is 0. The summed E-state index contributed by atoms with van der Waals surface area (Å²) in [5.41, 5.74) is 4.48. The fourth-order valence-corrected chi connectivity index (χ4v) is 3.33. The maximum atomic E-state index is 6.06. The Kier molecular flexibility index (Phi) is 6.28. The Hall–Kier alpha value is -3.34. The first-order valence-electron chi connectivity index (χ1n) is 10.3. The van der Waals surface area contributed by atoms with Gasteiger partial charge in [-0.15, -0.1) is 0 Å². The molecule has 0 saturated heterocycles. The van der Waals surface area contributed by atoms with Crippen molar-refractivity contribution >= 4 is 5.69 Å². The minimum Gasteiger partial charge on any atom is -0.490 e. The lowest BCUT2D eigenvalue weighted by Gasteiger charge is -2.19. The van der Waals surface area contributed by atoms with Gasteiger partial charge in [0.25, 0.3) is 0 Å². The zero-order chi connectivity index (χ0) is 20.8. The van der Waals surface area contributed by atoms with E-state index < -0.39 is 0 Å². The number of fused-ring (bicyclic) bond motifs is 1. The molecule has 0 spiro atoms. The van der Waals surface area contributed by atoms with Crippen LogP contribution in [-0.2, 0) is 13.2 Å². The monoisotopic (exact) mass is 405 g/mol. The Balaban J connectivity index is 1.43. The fourth-order valence-electron chi connectivity index (χ4n) is 3.33. The number of benzene rings is 3. The molecule has 0 bridgehead atoms. The third-order valence-electron chi connectivity index (χ3n) is 4.99. The van der Waals surface area contributed by atoms with Crippen molar-refractivity contribution in [2.75, 3.05) is 25.1 Å². The summed E-state index contributed by atoms with van der Waals surface area (Å²) in [5, 5.41) is 3.43. The second kappa shape index (κ2) is 9.44. The molecular weight excluding hydrogens is 378 g/mol. The molecule has 1 aliphatic heterocycles. The first kappa shape index (κ1) is 20.0. The number of hydrogen-bond acceptors (Lipinski definition) is 5. The summed E-state index contributed by atoms with van der Waals surface area (Å²) in [5.74, 6) is 3.08. The minimum atomic E-state index is 0.515. The van der Waals surface area contributed by atoms with E-state index in [1.165, 1.54) is 11.1 Å². The van der Waals surface area contributed by atoms with Gasteiger partial charge in [0, 0.05) is 18.3 Å². The first-order chi connectivity index (χ1) is 14.7. The molecule has 0 aromatic heterocycles. The van der Waals surface area contributed by atoms with Crippen molar-refractivity contribution in [2.45, 2.75) is 27.0 Å². The highest BCUT2D eigenvalue weighted by Gasteiger charge is 2.12. The first-order valence-corrected chi connectivity index (χ1v) is 10.3. The number of nitrogens with one attached hydrogen (secondary N) is 1. The summed E-state index contributed by atoms with van der Waals surface area (Å²) in [6.45, 7) is 7.01. The lowest BCUT2D eigenvalue weighted by Crippen LogP contribution is -2.15. The molecule has 0 atom stereocenters. The molecule has 0 fully saturated rings. The van der Waals surface area contributed by atoms with Crippen molar-refractivity contribution in [1.29, 1.82) is 0 Å². The quantitative estimate of drug-likeness (QED) is 0.547. The molecule has 0 amide bonds. The van der Waals surface area contributed by atoms with E-state index >= 15 is 0 Å². The molecule has 0 radical (unpaired) electrons. The summed E-state index contributed by atoms with van der Waals surface area (Å²) in [7, 11) is 0. The lowest BCUT2D eigenvalue weighted by atomic mass is 10.1. The second-order valence-electron chi connectivity index (χ2n) is 7.14. The van der Waals surface area contributed by atoms with Crippen LogP contribution in [0.15, 0.2) is 60.7 Å². The van der Waals surface area contributed by atoms with Crippen LogP contribution in [0.4, 0.5) is 5.69 Å². The van der Waals surface area contributed by atoms with Gasteiger partial charge in [0.2, 0.25) is 0 Å². The Morgan fingerprint density at radius 1 is 0.867 bits per heavy atom. The number of anilines is 1. The smallest absolute Gasteiger partial charge is 0.163 e. The predicted octanol–water partition coefficient (Wildman–Crippen LogP) is 5.36. The topological polar surface area (TPSA) is 49.0 Å². The molecule has 0 aliphatic carbocycles. The standard InChI is InChI=1S/C25H27NO4/c1-3-27-24-14-19(8-10-23(24)30-17-20-7-5-4-6-18(20)2)16-26-21-9-11-22-25(15-21)29-13-12-28-22/h4-11,14-15,26H,3,12-13,16-17H2,1-2H3. The average molecular weight is 405 g/mol. The maximum absolute atomic E-state index is 6.06. The third-order valence-corrected chi connectivity index (χ3v) is 4.99. The molecule has 1 aliphatic rings. The van der Waals surface area contributed by atoms with Crippen molar-refractivity contribution in [3.8, 4) is 23.0 Å². The Labute approximate surface area is 177 Å². The molecule has 156 valence electrons. The van der Waals surface area contributed by atoms with E-state index in [9.17, 15) is 0 Å². The van der Waals surface area contributed by atoms with E-state index in [4.69, 9.17) is 18.9 Å². The van der Waals surface area contributed by atoms with Gasteiger partial charge in [-0.25, -0.2) is 0 Å². The van der Waals surface area contributed by atoms with Gasteiger partial charge in [-0.3, -0.25) is 0 Å². The molecule has 0 unspecified atom stereocenters. The molecule has 30 heavy (non-hydrogen) atoms. The molecule has 5 heteroatoms. The van der Waals surface area contributed by atoms with Crippen LogP contribution >= 0.6 is 0 Å². The number of aryl methyl sites for hydroxylation is 1. The highest BCUT2D eigenvalue weighted by molar-refractivity contribution is 5.55. The van der Waals surface area contributed by atoms with Gasteiger partial charge in [-0.05, 0) is 54.8 Å². The van der Waals surface area contributed by atoms with Gasteiger partial charge in [-0.2, -0.15) is 0 Å². The second-order valence-corrected chi connectivity index (χ2v) is 7.14. The summed E-state index contributed by atoms with van der Waals surface area (Å²) >= 11 is 0. The van der Waals surface area contributed by atoms with Gasteiger partial charge in [-0.1, -0.05) is 30.3 Å². The SMILES string of the molecule is CCOc1cc(CNc2ccc3c(c2)OCCO3)ccc1OCc1ccccc1C. The Bertz CT molecular complexity index is 1000. The minimum absolute atomic E-state index is 0.515. The molecule has 1 N–H and O–H groups in total. The van der Waals surface area contributed by atoms with E-state index in [0.717, 1.165) is 34.2 Å². The molecule has 4 rings (SSSR count). The van der Waals surface area contributed by atoms with Crippen LogP contribution in [0.5, 0.6) is 23.0 Å². The van der Waals surface area contributed by atoms with E-state index in [1.807, 2.05) is 49.4 Å². The average Bonchev–Trinajstić information content (AvgIpc) is 2.78. The van der Waals surface area contributed by atoms with Crippen molar-refractivity contribution in [3.63, 3.8) is 0 Å². The largest absolute Gasteiger partial charge is 0.490 e. The van der Waals surface area contributed by atoms with Crippen molar-refractivity contribution < 1.29 is 18.9 Å². The molecule has 1 heterocycles. The zero-order valence-electron chi connectivity index (χ0n) is 17.4. The van der Waals surface area contributed by atoms with Crippen LogP contribution < -0.4 is 24.3 Å². The fraction of sp³-hybridized carbons (Fsp3) is 0.280. The zero-order valence-corrected chi connectivity index (χ0v) is 17.4. The van der Waals surface area contributed by atoms with Gasteiger partial charge in [0.05, 0.1) is 6.61 Å². The third kappa shape index (κ3) is 4.79. The molecule has 0 saturated carbocycles. The highest BCUT2D eigenvalue weighted by atomic mass is 16.6.